The molecule has 2 aromatic carbocycles. The molecular weight excluding hydrogens is 254 g/mol. The first-order valence-corrected chi connectivity index (χ1v) is 6.16. The van der Waals surface area contributed by atoms with E-state index in [2.05, 4.69) is 4.98 Å². The van der Waals surface area contributed by atoms with Gasteiger partial charge in [-0.05, 0) is 35.0 Å². The summed E-state index contributed by atoms with van der Waals surface area (Å²) in [7, 11) is 1.56. The maximum absolute atomic E-state index is 9.51. The number of fused-ring (bicyclic) bond motifs is 1. The Morgan fingerprint density at radius 2 is 1.70 bits per heavy atom. The van der Waals surface area contributed by atoms with Gasteiger partial charge in [-0.15, -0.1) is 0 Å². The fourth-order valence-corrected chi connectivity index (χ4v) is 1.96. The summed E-state index contributed by atoms with van der Waals surface area (Å²) in [5.74, 6) is 1.85. The minimum Gasteiger partial charge on any atom is -0.508 e. The highest BCUT2D eigenvalue weighted by Crippen LogP contribution is 2.27. The van der Waals surface area contributed by atoms with E-state index in [-0.39, 0.29) is 5.75 Å². The summed E-state index contributed by atoms with van der Waals surface area (Å²) in [6, 6.07) is 16.2. The number of pyridine rings is 1. The molecule has 20 heavy (non-hydrogen) atoms. The van der Waals surface area contributed by atoms with Crippen LogP contribution in [0.2, 0.25) is 0 Å². The predicted molar refractivity (Wildman–Crippen MR) is 76.5 cm³/mol. The Labute approximate surface area is 116 Å². The topological polar surface area (TPSA) is 51.6 Å². The van der Waals surface area contributed by atoms with E-state index >= 15 is 0 Å². The van der Waals surface area contributed by atoms with Crippen LogP contribution >= 0.6 is 0 Å². The molecule has 0 aliphatic heterocycles. The lowest BCUT2D eigenvalue weighted by molar-refractivity contribution is 0.383. The van der Waals surface area contributed by atoms with Gasteiger partial charge in [0.05, 0.1) is 7.11 Å². The van der Waals surface area contributed by atoms with Crippen molar-refractivity contribution in [3.05, 3.63) is 54.6 Å². The van der Waals surface area contributed by atoms with E-state index in [9.17, 15) is 5.11 Å². The molecule has 100 valence electrons. The van der Waals surface area contributed by atoms with Crippen molar-refractivity contribution in [2.75, 3.05) is 7.11 Å². The number of methoxy groups -OCH3 is 1. The quantitative estimate of drug-likeness (QED) is 0.785. The molecule has 0 spiro atoms. The Bertz CT molecular complexity index is 756. The number of rotatable bonds is 3. The SMILES string of the molecule is COc1cccc(Oc2ccc3ccc(O)cc3c2)n1. The van der Waals surface area contributed by atoms with Gasteiger partial charge in [0, 0.05) is 12.1 Å². The van der Waals surface area contributed by atoms with Gasteiger partial charge >= 0.3 is 0 Å². The Hall–Kier alpha value is -2.75. The van der Waals surface area contributed by atoms with Crippen molar-refractivity contribution in [3.63, 3.8) is 0 Å². The molecule has 0 radical (unpaired) electrons. The molecule has 0 bridgehead atoms. The number of phenolic OH excluding ortho intramolecular Hbond substituents is 1. The van der Waals surface area contributed by atoms with Gasteiger partial charge in [-0.25, -0.2) is 0 Å². The third-order valence-electron chi connectivity index (χ3n) is 2.92. The Kier molecular flexibility index (Phi) is 3.13. The summed E-state index contributed by atoms with van der Waals surface area (Å²) in [6.07, 6.45) is 0. The molecule has 0 atom stereocenters. The van der Waals surface area contributed by atoms with Gasteiger partial charge in [0.25, 0.3) is 0 Å². The lowest BCUT2D eigenvalue weighted by atomic mass is 10.1. The van der Waals surface area contributed by atoms with Gasteiger partial charge in [-0.1, -0.05) is 18.2 Å². The number of aromatic nitrogens is 1. The normalized spacial score (nSPS) is 10.4. The standard InChI is InChI=1S/C16H13NO3/c1-19-15-3-2-4-16(17-15)20-14-8-6-11-5-7-13(18)9-12(11)10-14/h2-10,18H,1H3. The van der Waals surface area contributed by atoms with Gasteiger partial charge in [0.15, 0.2) is 0 Å². The number of nitrogens with zero attached hydrogens (tertiary/aromatic N) is 1. The maximum Gasteiger partial charge on any atom is 0.222 e. The lowest BCUT2D eigenvalue weighted by Gasteiger charge is -2.07. The van der Waals surface area contributed by atoms with E-state index in [1.54, 1.807) is 31.4 Å². The highest BCUT2D eigenvalue weighted by Gasteiger charge is 2.03. The summed E-state index contributed by atoms with van der Waals surface area (Å²) >= 11 is 0. The van der Waals surface area contributed by atoms with Crippen LogP contribution in [0.1, 0.15) is 0 Å². The zero-order valence-electron chi connectivity index (χ0n) is 10.9. The first-order chi connectivity index (χ1) is 9.74. The molecule has 1 heterocycles. The van der Waals surface area contributed by atoms with E-state index in [0.29, 0.717) is 17.5 Å². The van der Waals surface area contributed by atoms with E-state index < -0.39 is 0 Å². The Morgan fingerprint density at radius 1 is 0.900 bits per heavy atom. The highest BCUT2D eigenvalue weighted by atomic mass is 16.5. The van der Waals surface area contributed by atoms with E-state index in [0.717, 1.165) is 10.8 Å². The van der Waals surface area contributed by atoms with Crippen molar-refractivity contribution in [1.82, 2.24) is 4.98 Å². The van der Waals surface area contributed by atoms with Crippen LogP contribution in [0.3, 0.4) is 0 Å². The van der Waals surface area contributed by atoms with Crippen LogP contribution in [-0.4, -0.2) is 17.2 Å². The third kappa shape index (κ3) is 2.49. The molecule has 0 aliphatic carbocycles. The van der Waals surface area contributed by atoms with Crippen molar-refractivity contribution in [2.24, 2.45) is 0 Å². The Balaban J connectivity index is 1.93. The minimum atomic E-state index is 0.231. The van der Waals surface area contributed by atoms with Crippen molar-refractivity contribution in [3.8, 4) is 23.3 Å². The van der Waals surface area contributed by atoms with Crippen LogP contribution in [-0.2, 0) is 0 Å². The molecule has 0 saturated heterocycles. The molecule has 1 N–H and O–H groups in total. The molecule has 0 aliphatic rings. The average molecular weight is 267 g/mol. The molecule has 0 amide bonds. The molecule has 0 fully saturated rings. The predicted octanol–water partition coefficient (Wildman–Crippen LogP) is 3.74. The van der Waals surface area contributed by atoms with Crippen LogP contribution in [0.5, 0.6) is 23.3 Å². The molecule has 4 nitrogen and oxygen atoms in total. The fraction of sp³-hybridized carbons (Fsp3) is 0.0625. The summed E-state index contributed by atoms with van der Waals surface area (Å²) in [5.41, 5.74) is 0. The third-order valence-corrected chi connectivity index (χ3v) is 2.92. The maximum atomic E-state index is 9.51. The van der Waals surface area contributed by atoms with Crippen molar-refractivity contribution in [2.45, 2.75) is 0 Å². The molecule has 3 aromatic rings. The summed E-state index contributed by atoms with van der Waals surface area (Å²) in [6.45, 7) is 0. The van der Waals surface area contributed by atoms with Gasteiger partial charge in [-0.2, -0.15) is 4.98 Å². The number of hydrogen-bond acceptors (Lipinski definition) is 4. The molecule has 0 saturated carbocycles. The van der Waals surface area contributed by atoms with Gasteiger partial charge in [-0.3, -0.25) is 0 Å². The number of phenols is 1. The minimum absolute atomic E-state index is 0.231. The summed E-state index contributed by atoms with van der Waals surface area (Å²) in [4.78, 5) is 4.19. The van der Waals surface area contributed by atoms with Crippen molar-refractivity contribution >= 4 is 10.8 Å². The van der Waals surface area contributed by atoms with Crippen molar-refractivity contribution in [1.29, 1.82) is 0 Å². The zero-order chi connectivity index (χ0) is 13.9. The number of ether oxygens (including phenoxy) is 2. The van der Waals surface area contributed by atoms with Gasteiger partial charge in [0.1, 0.15) is 11.5 Å². The second kappa shape index (κ2) is 5.09. The zero-order valence-corrected chi connectivity index (χ0v) is 10.9. The van der Waals surface area contributed by atoms with Crippen molar-refractivity contribution < 1.29 is 14.6 Å². The fourth-order valence-electron chi connectivity index (χ4n) is 1.96. The lowest BCUT2D eigenvalue weighted by Crippen LogP contribution is -1.91. The molecule has 4 heteroatoms. The van der Waals surface area contributed by atoms with E-state index in [1.165, 1.54) is 0 Å². The molecular formula is C16H13NO3. The molecule has 0 unspecified atom stereocenters. The monoisotopic (exact) mass is 267 g/mol. The van der Waals surface area contributed by atoms with E-state index in [4.69, 9.17) is 9.47 Å². The van der Waals surface area contributed by atoms with Crippen LogP contribution in [0.25, 0.3) is 10.8 Å². The summed E-state index contributed by atoms with van der Waals surface area (Å²) < 4.78 is 10.8. The van der Waals surface area contributed by atoms with Gasteiger partial charge < -0.3 is 14.6 Å². The number of aromatic hydroxyl groups is 1. The van der Waals surface area contributed by atoms with Crippen LogP contribution in [0, 0.1) is 0 Å². The molecule has 1 aromatic heterocycles. The van der Waals surface area contributed by atoms with Crippen LogP contribution in [0.4, 0.5) is 0 Å². The average Bonchev–Trinajstić information content (AvgIpc) is 2.47. The van der Waals surface area contributed by atoms with Crippen LogP contribution in [0.15, 0.2) is 54.6 Å². The summed E-state index contributed by atoms with van der Waals surface area (Å²) in [5, 5.41) is 11.5. The second-order valence-corrected chi connectivity index (χ2v) is 4.31. The van der Waals surface area contributed by atoms with Crippen LogP contribution < -0.4 is 9.47 Å². The first-order valence-electron chi connectivity index (χ1n) is 6.16. The smallest absolute Gasteiger partial charge is 0.222 e. The first kappa shape index (κ1) is 12.3. The second-order valence-electron chi connectivity index (χ2n) is 4.31. The van der Waals surface area contributed by atoms with Gasteiger partial charge in [0.2, 0.25) is 11.8 Å². The largest absolute Gasteiger partial charge is 0.508 e. The number of hydrogen-bond donors (Lipinski definition) is 1. The Morgan fingerprint density at radius 3 is 2.55 bits per heavy atom. The highest BCUT2D eigenvalue weighted by molar-refractivity contribution is 5.85. The number of benzene rings is 2. The molecule has 3 rings (SSSR count). The van der Waals surface area contributed by atoms with E-state index in [1.807, 2.05) is 30.3 Å².